The molecule has 8 unspecified atom stereocenters. The standard InChI is InChI=1S/C28H42O3S/c1-19(18-32(30,31)22-7-5-4-6-8-22)24-11-12-25-23-10-9-20-17-21(29)13-15-27(20,2)26(23)14-16-28(24,25)3/h4-8,19-21,23-26,29H,9-18H2,1-3H3/t19-,20?,21?,23?,24?,25?,26?,27?,28?/m1/s1. The minimum absolute atomic E-state index is 0.0817. The van der Waals surface area contributed by atoms with Gasteiger partial charge in [0, 0.05) is 0 Å². The Balaban J connectivity index is 1.34. The van der Waals surface area contributed by atoms with Crippen molar-refractivity contribution >= 4 is 9.84 Å². The Morgan fingerprint density at radius 3 is 2.38 bits per heavy atom. The van der Waals surface area contributed by atoms with Gasteiger partial charge in [-0.05, 0) is 116 Å². The van der Waals surface area contributed by atoms with Crippen LogP contribution < -0.4 is 0 Å². The molecule has 5 rings (SSSR count). The molecule has 32 heavy (non-hydrogen) atoms. The highest BCUT2D eigenvalue weighted by atomic mass is 32.2. The lowest BCUT2D eigenvalue weighted by atomic mass is 9.44. The van der Waals surface area contributed by atoms with Crippen LogP contribution in [-0.4, -0.2) is 25.4 Å². The molecule has 1 aromatic rings. The van der Waals surface area contributed by atoms with Gasteiger partial charge in [0.25, 0.3) is 0 Å². The first-order valence-electron chi connectivity index (χ1n) is 13.1. The second-order valence-electron chi connectivity index (χ2n) is 12.4. The molecule has 9 atom stereocenters. The molecule has 4 saturated carbocycles. The van der Waals surface area contributed by atoms with Crippen molar-refractivity contribution in [2.75, 3.05) is 5.75 Å². The van der Waals surface area contributed by atoms with E-state index in [1.54, 1.807) is 12.1 Å². The summed E-state index contributed by atoms with van der Waals surface area (Å²) in [7, 11) is -3.24. The van der Waals surface area contributed by atoms with E-state index in [-0.39, 0.29) is 23.2 Å². The molecule has 178 valence electrons. The number of fused-ring (bicyclic) bond motifs is 5. The predicted molar refractivity (Wildman–Crippen MR) is 129 cm³/mol. The average Bonchev–Trinajstić information content (AvgIpc) is 3.12. The van der Waals surface area contributed by atoms with Crippen molar-refractivity contribution in [3.63, 3.8) is 0 Å². The Labute approximate surface area is 195 Å². The van der Waals surface area contributed by atoms with Crippen LogP contribution in [-0.2, 0) is 9.84 Å². The molecule has 0 amide bonds. The second-order valence-corrected chi connectivity index (χ2v) is 14.4. The molecule has 4 aliphatic rings. The Morgan fingerprint density at radius 1 is 0.938 bits per heavy atom. The summed E-state index contributed by atoms with van der Waals surface area (Å²) in [6.45, 7) is 7.26. The molecule has 0 spiro atoms. The predicted octanol–water partition coefficient (Wildman–Crippen LogP) is 6.12. The highest BCUT2D eigenvalue weighted by molar-refractivity contribution is 7.91. The molecule has 4 heteroatoms. The Kier molecular flexibility index (Phi) is 5.81. The summed E-state index contributed by atoms with van der Waals surface area (Å²) in [5, 5.41) is 10.3. The van der Waals surface area contributed by atoms with Gasteiger partial charge in [-0.2, -0.15) is 0 Å². The minimum atomic E-state index is -3.24. The summed E-state index contributed by atoms with van der Waals surface area (Å²) in [6.07, 6.45) is 10.7. The summed E-state index contributed by atoms with van der Waals surface area (Å²) < 4.78 is 26.2. The largest absolute Gasteiger partial charge is 0.393 e. The molecule has 0 bridgehead atoms. The van der Waals surface area contributed by atoms with Crippen LogP contribution in [0.15, 0.2) is 35.2 Å². The van der Waals surface area contributed by atoms with E-state index >= 15 is 0 Å². The van der Waals surface area contributed by atoms with E-state index in [1.807, 2.05) is 18.2 Å². The van der Waals surface area contributed by atoms with Crippen molar-refractivity contribution in [3.05, 3.63) is 30.3 Å². The Hall–Kier alpha value is -0.870. The maximum atomic E-state index is 13.1. The second kappa shape index (κ2) is 8.12. The molecule has 4 aliphatic carbocycles. The van der Waals surface area contributed by atoms with Crippen molar-refractivity contribution < 1.29 is 13.5 Å². The molecular formula is C28H42O3S. The molecule has 0 radical (unpaired) electrons. The fourth-order valence-corrected chi connectivity index (χ4v) is 11.1. The molecule has 0 aliphatic heterocycles. The number of hydrogen-bond donors (Lipinski definition) is 1. The maximum absolute atomic E-state index is 13.1. The van der Waals surface area contributed by atoms with Crippen LogP contribution in [0.4, 0.5) is 0 Å². The van der Waals surface area contributed by atoms with E-state index in [0.717, 1.165) is 30.6 Å². The van der Waals surface area contributed by atoms with Gasteiger partial charge < -0.3 is 5.11 Å². The Morgan fingerprint density at radius 2 is 1.62 bits per heavy atom. The van der Waals surface area contributed by atoms with E-state index in [4.69, 9.17) is 0 Å². The number of benzene rings is 1. The molecule has 1 aromatic carbocycles. The Bertz CT molecular complexity index is 927. The average molecular weight is 459 g/mol. The third-order valence-corrected chi connectivity index (χ3v) is 12.9. The lowest BCUT2D eigenvalue weighted by Crippen LogP contribution is -2.54. The zero-order valence-corrected chi connectivity index (χ0v) is 21.0. The van der Waals surface area contributed by atoms with Gasteiger partial charge in [-0.3, -0.25) is 0 Å². The molecule has 1 N–H and O–H groups in total. The number of sulfone groups is 1. The van der Waals surface area contributed by atoms with Gasteiger partial charge in [-0.1, -0.05) is 39.0 Å². The molecule has 0 saturated heterocycles. The van der Waals surface area contributed by atoms with Gasteiger partial charge in [-0.15, -0.1) is 0 Å². The maximum Gasteiger partial charge on any atom is 0.178 e. The number of hydrogen-bond acceptors (Lipinski definition) is 3. The lowest BCUT2D eigenvalue weighted by molar-refractivity contribution is -0.128. The molecule has 4 fully saturated rings. The smallest absolute Gasteiger partial charge is 0.178 e. The minimum Gasteiger partial charge on any atom is -0.393 e. The fraction of sp³-hybridized carbons (Fsp3) is 0.786. The lowest BCUT2D eigenvalue weighted by Gasteiger charge is -2.61. The normalized spacial score (nSPS) is 44.9. The van der Waals surface area contributed by atoms with Gasteiger partial charge >= 0.3 is 0 Å². The monoisotopic (exact) mass is 458 g/mol. The van der Waals surface area contributed by atoms with Crippen molar-refractivity contribution in [3.8, 4) is 0 Å². The first kappa shape index (κ1) is 22.9. The summed E-state index contributed by atoms with van der Waals surface area (Å²) in [5.74, 6) is 4.02. The van der Waals surface area contributed by atoms with Crippen LogP contribution in [0.3, 0.4) is 0 Å². The third kappa shape index (κ3) is 3.59. The van der Waals surface area contributed by atoms with E-state index in [9.17, 15) is 13.5 Å². The first-order valence-corrected chi connectivity index (χ1v) is 14.8. The summed E-state index contributed by atoms with van der Waals surface area (Å²) in [6, 6.07) is 9.02. The van der Waals surface area contributed by atoms with Gasteiger partial charge in [0.2, 0.25) is 0 Å². The summed E-state index contributed by atoms with van der Waals surface area (Å²) >= 11 is 0. The van der Waals surface area contributed by atoms with Crippen molar-refractivity contribution in [1.82, 2.24) is 0 Å². The highest BCUT2D eigenvalue weighted by Crippen LogP contribution is 2.68. The van der Waals surface area contributed by atoms with Crippen molar-refractivity contribution in [2.24, 2.45) is 46.3 Å². The van der Waals surface area contributed by atoms with Crippen molar-refractivity contribution in [2.45, 2.75) is 89.6 Å². The molecule has 0 heterocycles. The van der Waals surface area contributed by atoms with Gasteiger partial charge in [0.1, 0.15) is 0 Å². The molecule has 0 aromatic heterocycles. The molecule has 3 nitrogen and oxygen atoms in total. The van der Waals surface area contributed by atoms with Gasteiger partial charge in [-0.25, -0.2) is 8.42 Å². The van der Waals surface area contributed by atoms with Crippen LogP contribution in [0, 0.1) is 46.3 Å². The SMILES string of the molecule is C[C@H](CS(=O)(=O)c1ccccc1)C1CCC2C3CCC4CC(O)CCC4(C)C3CCC21C. The zero-order valence-electron chi connectivity index (χ0n) is 20.2. The quantitative estimate of drug-likeness (QED) is 0.592. The van der Waals surface area contributed by atoms with Crippen LogP contribution in [0.1, 0.15) is 78.6 Å². The third-order valence-electron chi connectivity index (χ3n) is 11.0. The zero-order chi connectivity index (χ0) is 22.7. The fourth-order valence-electron chi connectivity index (χ4n) is 9.40. The van der Waals surface area contributed by atoms with Gasteiger partial charge in [0.05, 0.1) is 16.8 Å². The number of aliphatic hydroxyl groups is 1. The summed E-state index contributed by atoms with van der Waals surface area (Å²) in [5.41, 5.74) is 0.688. The van der Waals surface area contributed by atoms with E-state index in [2.05, 4.69) is 20.8 Å². The first-order chi connectivity index (χ1) is 15.1. The van der Waals surface area contributed by atoms with E-state index in [0.29, 0.717) is 22.1 Å². The van der Waals surface area contributed by atoms with Crippen LogP contribution >= 0.6 is 0 Å². The van der Waals surface area contributed by atoms with Crippen LogP contribution in [0.5, 0.6) is 0 Å². The van der Waals surface area contributed by atoms with Gasteiger partial charge in [0.15, 0.2) is 9.84 Å². The van der Waals surface area contributed by atoms with Crippen molar-refractivity contribution in [1.29, 1.82) is 0 Å². The number of rotatable bonds is 4. The van der Waals surface area contributed by atoms with E-state index < -0.39 is 9.84 Å². The van der Waals surface area contributed by atoms with Crippen LogP contribution in [0.25, 0.3) is 0 Å². The highest BCUT2D eigenvalue weighted by Gasteiger charge is 2.60. The molecular weight excluding hydrogens is 416 g/mol. The van der Waals surface area contributed by atoms with Crippen LogP contribution in [0.2, 0.25) is 0 Å². The summed E-state index contributed by atoms with van der Waals surface area (Å²) in [4.78, 5) is 0.473. The topological polar surface area (TPSA) is 54.4 Å². The number of aliphatic hydroxyl groups excluding tert-OH is 1. The van der Waals surface area contributed by atoms with E-state index in [1.165, 1.54) is 44.9 Å².